The second-order valence-electron chi connectivity index (χ2n) is 4.87. The van der Waals surface area contributed by atoms with Crippen molar-refractivity contribution in [1.82, 2.24) is 0 Å². The molecule has 0 spiro atoms. The molecule has 0 aromatic rings. The van der Waals surface area contributed by atoms with E-state index in [2.05, 4.69) is 0 Å². The van der Waals surface area contributed by atoms with Crippen molar-refractivity contribution in [3.63, 3.8) is 0 Å². The highest BCUT2D eigenvalue weighted by Crippen LogP contribution is 2.08. The van der Waals surface area contributed by atoms with Gasteiger partial charge < -0.3 is 9.84 Å². The first-order valence-corrected chi connectivity index (χ1v) is 6.96. The number of hydrogen-bond acceptors (Lipinski definition) is 3. The van der Waals surface area contributed by atoms with E-state index in [-0.39, 0.29) is 11.9 Å². The van der Waals surface area contributed by atoms with E-state index in [1.807, 2.05) is 13.8 Å². The standard InChI is InChI=1S/C14H28O3/c1-13(2)14(16)17-12-10-8-6-4-3-5-7-9-11-15/h13,15H,3-12H2,1-2H3. The molecule has 0 bridgehead atoms. The lowest BCUT2D eigenvalue weighted by Gasteiger charge is -2.06. The van der Waals surface area contributed by atoms with Gasteiger partial charge in [0.1, 0.15) is 0 Å². The molecule has 0 heterocycles. The lowest BCUT2D eigenvalue weighted by atomic mass is 10.1. The van der Waals surface area contributed by atoms with Gasteiger partial charge in [0.2, 0.25) is 0 Å². The van der Waals surface area contributed by atoms with E-state index in [1.165, 1.54) is 25.7 Å². The number of unbranched alkanes of at least 4 members (excludes halogenated alkanes) is 7. The van der Waals surface area contributed by atoms with Gasteiger partial charge in [0.15, 0.2) is 0 Å². The van der Waals surface area contributed by atoms with Crippen LogP contribution in [0.15, 0.2) is 0 Å². The Hall–Kier alpha value is -0.570. The number of carbonyl (C=O) groups is 1. The number of esters is 1. The molecule has 0 fully saturated rings. The van der Waals surface area contributed by atoms with Crippen LogP contribution in [0.1, 0.15) is 65.2 Å². The lowest BCUT2D eigenvalue weighted by Crippen LogP contribution is -2.12. The molecular weight excluding hydrogens is 216 g/mol. The molecule has 0 aliphatic carbocycles. The van der Waals surface area contributed by atoms with Crippen LogP contribution in [0.3, 0.4) is 0 Å². The van der Waals surface area contributed by atoms with Crippen molar-refractivity contribution < 1.29 is 14.6 Å². The maximum atomic E-state index is 11.1. The number of aliphatic hydroxyl groups excluding tert-OH is 1. The van der Waals surface area contributed by atoms with E-state index in [0.717, 1.165) is 25.7 Å². The molecule has 0 aliphatic heterocycles. The van der Waals surface area contributed by atoms with E-state index in [1.54, 1.807) is 0 Å². The average molecular weight is 244 g/mol. The van der Waals surface area contributed by atoms with Crippen LogP contribution in [0.25, 0.3) is 0 Å². The summed E-state index contributed by atoms with van der Waals surface area (Å²) < 4.78 is 5.10. The summed E-state index contributed by atoms with van der Waals surface area (Å²) in [5.41, 5.74) is 0. The highest BCUT2D eigenvalue weighted by Gasteiger charge is 2.06. The molecule has 0 saturated heterocycles. The minimum absolute atomic E-state index is 0.0125. The second-order valence-corrected chi connectivity index (χ2v) is 4.87. The van der Waals surface area contributed by atoms with Crippen LogP contribution in [0.5, 0.6) is 0 Å². The zero-order valence-corrected chi connectivity index (χ0v) is 11.4. The molecule has 1 N–H and O–H groups in total. The number of aliphatic hydroxyl groups is 1. The molecular formula is C14H28O3. The minimum Gasteiger partial charge on any atom is -0.465 e. The van der Waals surface area contributed by atoms with Gasteiger partial charge in [-0.3, -0.25) is 4.79 Å². The molecule has 0 aliphatic rings. The molecule has 0 atom stereocenters. The Morgan fingerprint density at radius 2 is 1.41 bits per heavy atom. The Balaban J connectivity index is 3.06. The third-order valence-corrected chi connectivity index (χ3v) is 2.77. The first kappa shape index (κ1) is 16.4. The van der Waals surface area contributed by atoms with Gasteiger partial charge in [0, 0.05) is 6.61 Å². The second kappa shape index (κ2) is 11.9. The highest BCUT2D eigenvalue weighted by atomic mass is 16.5. The Morgan fingerprint density at radius 3 is 1.88 bits per heavy atom. The summed E-state index contributed by atoms with van der Waals surface area (Å²) in [4.78, 5) is 11.1. The van der Waals surface area contributed by atoms with Gasteiger partial charge in [-0.05, 0) is 12.8 Å². The molecule has 0 unspecified atom stereocenters. The van der Waals surface area contributed by atoms with Crippen LogP contribution < -0.4 is 0 Å². The fraction of sp³-hybridized carbons (Fsp3) is 0.929. The van der Waals surface area contributed by atoms with Crippen molar-refractivity contribution in [3.8, 4) is 0 Å². The third-order valence-electron chi connectivity index (χ3n) is 2.77. The predicted octanol–water partition coefficient (Wildman–Crippen LogP) is 3.30. The SMILES string of the molecule is CC(C)C(=O)OCCCCCCCCCCO. The quantitative estimate of drug-likeness (QED) is 0.448. The normalized spacial score (nSPS) is 10.8. The summed E-state index contributed by atoms with van der Waals surface area (Å²) in [7, 11) is 0. The zero-order valence-electron chi connectivity index (χ0n) is 11.4. The lowest BCUT2D eigenvalue weighted by molar-refractivity contribution is -0.147. The largest absolute Gasteiger partial charge is 0.465 e. The Bertz CT molecular complexity index is 178. The van der Waals surface area contributed by atoms with Crippen LogP contribution >= 0.6 is 0 Å². The molecule has 0 rings (SSSR count). The maximum Gasteiger partial charge on any atom is 0.308 e. The van der Waals surface area contributed by atoms with E-state index in [9.17, 15) is 4.79 Å². The smallest absolute Gasteiger partial charge is 0.308 e. The van der Waals surface area contributed by atoms with E-state index in [0.29, 0.717) is 13.2 Å². The van der Waals surface area contributed by atoms with Gasteiger partial charge in [0.05, 0.1) is 12.5 Å². The van der Waals surface area contributed by atoms with Crippen molar-refractivity contribution in [2.24, 2.45) is 5.92 Å². The highest BCUT2D eigenvalue weighted by molar-refractivity contribution is 5.71. The molecule has 0 saturated carbocycles. The summed E-state index contributed by atoms with van der Waals surface area (Å²) in [5, 5.41) is 8.61. The van der Waals surface area contributed by atoms with Crippen molar-refractivity contribution in [3.05, 3.63) is 0 Å². The number of carbonyl (C=O) groups excluding carboxylic acids is 1. The van der Waals surface area contributed by atoms with E-state index >= 15 is 0 Å². The number of ether oxygens (including phenoxy) is 1. The predicted molar refractivity (Wildman–Crippen MR) is 69.8 cm³/mol. The molecule has 17 heavy (non-hydrogen) atoms. The fourth-order valence-corrected chi connectivity index (χ4v) is 1.61. The fourth-order valence-electron chi connectivity index (χ4n) is 1.61. The van der Waals surface area contributed by atoms with Crippen LogP contribution in [0.2, 0.25) is 0 Å². The summed E-state index contributed by atoms with van der Waals surface area (Å²) in [6.45, 7) is 4.60. The first-order valence-electron chi connectivity index (χ1n) is 6.96. The topological polar surface area (TPSA) is 46.5 Å². The molecule has 102 valence electrons. The van der Waals surface area contributed by atoms with Crippen LogP contribution in [-0.4, -0.2) is 24.3 Å². The van der Waals surface area contributed by atoms with Crippen LogP contribution in [0, 0.1) is 5.92 Å². The minimum atomic E-state index is -0.0889. The van der Waals surface area contributed by atoms with E-state index < -0.39 is 0 Å². The van der Waals surface area contributed by atoms with Gasteiger partial charge in [-0.25, -0.2) is 0 Å². The Morgan fingerprint density at radius 1 is 0.941 bits per heavy atom. The van der Waals surface area contributed by atoms with Gasteiger partial charge in [-0.1, -0.05) is 52.4 Å². The molecule has 0 aromatic heterocycles. The van der Waals surface area contributed by atoms with Crippen molar-refractivity contribution in [2.75, 3.05) is 13.2 Å². The van der Waals surface area contributed by atoms with Gasteiger partial charge >= 0.3 is 5.97 Å². The van der Waals surface area contributed by atoms with Gasteiger partial charge in [-0.2, -0.15) is 0 Å². The molecule has 0 aromatic carbocycles. The average Bonchev–Trinajstić information content (AvgIpc) is 2.31. The number of rotatable bonds is 11. The van der Waals surface area contributed by atoms with E-state index in [4.69, 9.17) is 9.84 Å². The van der Waals surface area contributed by atoms with Crippen LogP contribution in [-0.2, 0) is 9.53 Å². The molecule has 0 amide bonds. The Kier molecular flexibility index (Phi) is 11.5. The first-order chi connectivity index (χ1) is 8.18. The van der Waals surface area contributed by atoms with Crippen molar-refractivity contribution >= 4 is 5.97 Å². The van der Waals surface area contributed by atoms with Crippen LogP contribution in [0.4, 0.5) is 0 Å². The van der Waals surface area contributed by atoms with Crippen molar-refractivity contribution in [1.29, 1.82) is 0 Å². The summed E-state index contributed by atoms with van der Waals surface area (Å²) in [6, 6.07) is 0. The third kappa shape index (κ3) is 11.7. The zero-order chi connectivity index (χ0) is 12.9. The van der Waals surface area contributed by atoms with Crippen molar-refractivity contribution in [2.45, 2.75) is 65.2 Å². The summed E-state index contributed by atoms with van der Waals surface area (Å²) >= 11 is 0. The summed E-state index contributed by atoms with van der Waals surface area (Å²) in [5.74, 6) is -0.101. The molecule has 3 heteroatoms. The number of hydrogen-bond donors (Lipinski definition) is 1. The van der Waals surface area contributed by atoms with Gasteiger partial charge in [0.25, 0.3) is 0 Å². The molecule has 3 nitrogen and oxygen atoms in total. The molecule has 0 radical (unpaired) electrons. The van der Waals surface area contributed by atoms with Gasteiger partial charge in [-0.15, -0.1) is 0 Å². The maximum absolute atomic E-state index is 11.1. The Labute approximate surface area is 106 Å². The monoisotopic (exact) mass is 244 g/mol. The summed E-state index contributed by atoms with van der Waals surface area (Å²) in [6.07, 6.45) is 9.16.